The van der Waals surface area contributed by atoms with Gasteiger partial charge in [-0.05, 0) is 37.1 Å². The molecule has 5 heteroatoms. The van der Waals surface area contributed by atoms with Crippen LogP contribution in [0.5, 0.6) is 0 Å². The van der Waals surface area contributed by atoms with Crippen molar-refractivity contribution in [3.8, 4) is 0 Å². The van der Waals surface area contributed by atoms with Crippen molar-refractivity contribution in [2.24, 2.45) is 4.99 Å². The van der Waals surface area contributed by atoms with Crippen LogP contribution in [0.3, 0.4) is 0 Å². The molecule has 0 saturated carbocycles. The van der Waals surface area contributed by atoms with Gasteiger partial charge in [0.1, 0.15) is 0 Å². The summed E-state index contributed by atoms with van der Waals surface area (Å²) in [5, 5.41) is 13.8. The van der Waals surface area contributed by atoms with Crippen molar-refractivity contribution in [2.45, 2.75) is 25.4 Å². The van der Waals surface area contributed by atoms with E-state index in [1.807, 2.05) is 11.8 Å². The van der Waals surface area contributed by atoms with Crippen molar-refractivity contribution in [1.29, 1.82) is 0 Å². The van der Waals surface area contributed by atoms with Gasteiger partial charge in [-0.15, -0.1) is 0 Å². The summed E-state index contributed by atoms with van der Waals surface area (Å²) in [6.07, 6.45) is 1.90. The molecule has 1 aromatic carbocycles. The summed E-state index contributed by atoms with van der Waals surface area (Å²) >= 11 is 1.81. The third-order valence-corrected chi connectivity index (χ3v) is 5.32. The highest BCUT2D eigenvalue weighted by atomic mass is 32.2. The van der Waals surface area contributed by atoms with E-state index < -0.39 is 5.60 Å². The normalized spacial score (nSPS) is 25.2. The Morgan fingerprint density at radius 3 is 3.10 bits per heavy atom. The topological polar surface area (TPSA) is 47.9 Å². The molecule has 1 aromatic rings. The SMILES string of the molecule is CCNC(=NCC1(O)CCSC1)N1CCc2ccccc21. The summed E-state index contributed by atoms with van der Waals surface area (Å²) in [6, 6.07) is 8.49. The quantitative estimate of drug-likeness (QED) is 0.661. The Hall–Kier alpha value is -1.20. The first-order valence-corrected chi connectivity index (χ1v) is 8.81. The van der Waals surface area contributed by atoms with Crippen LogP contribution in [-0.4, -0.2) is 47.8 Å². The van der Waals surface area contributed by atoms with E-state index in [0.29, 0.717) is 6.54 Å². The first-order valence-electron chi connectivity index (χ1n) is 7.66. The second kappa shape index (κ2) is 6.28. The second-order valence-electron chi connectivity index (χ2n) is 5.73. The number of fused-ring (bicyclic) bond motifs is 1. The smallest absolute Gasteiger partial charge is 0.198 e. The molecule has 1 fully saturated rings. The van der Waals surface area contributed by atoms with Gasteiger partial charge in [-0.1, -0.05) is 18.2 Å². The Labute approximate surface area is 130 Å². The molecule has 3 rings (SSSR count). The number of nitrogens with one attached hydrogen (secondary N) is 1. The number of nitrogens with zero attached hydrogens (tertiary/aromatic N) is 2. The maximum absolute atomic E-state index is 10.5. The third-order valence-electron chi connectivity index (χ3n) is 4.08. The van der Waals surface area contributed by atoms with Gasteiger partial charge < -0.3 is 15.3 Å². The monoisotopic (exact) mass is 305 g/mol. The zero-order chi connectivity index (χ0) is 14.7. The number of guanidine groups is 1. The number of anilines is 1. The lowest BCUT2D eigenvalue weighted by molar-refractivity contribution is 0.0779. The maximum atomic E-state index is 10.5. The fraction of sp³-hybridized carbons (Fsp3) is 0.562. The molecule has 0 bridgehead atoms. The van der Waals surface area contributed by atoms with Crippen LogP contribution in [0, 0.1) is 0 Å². The Balaban J connectivity index is 1.79. The number of para-hydroxylation sites is 1. The summed E-state index contributed by atoms with van der Waals surface area (Å²) in [5.74, 6) is 2.73. The first kappa shape index (κ1) is 14.7. The molecule has 2 aliphatic rings. The molecule has 114 valence electrons. The summed E-state index contributed by atoms with van der Waals surface area (Å²) in [4.78, 5) is 6.96. The maximum Gasteiger partial charge on any atom is 0.198 e. The van der Waals surface area contributed by atoms with Crippen LogP contribution in [0.15, 0.2) is 29.3 Å². The van der Waals surface area contributed by atoms with Gasteiger partial charge in [0, 0.05) is 24.5 Å². The Morgan fingerprint density at radius 2 is 2.33 bits per heavy atom. The molecule has 2 heterocycles. The van der Waals surface area contributed by atoms with Crippen LogP contribution >= 0.6 is 11.8 Å². The Morgan fingerprint density at radius 1 is 1.48 bits per heavy atom. The number of benzene rings is 1. The Bertz CT molecular complexity index is 526. The van der Waals surface area contributed by atoms with Crippen LogP contribution in [0.1, 0.15) is 18.9 Å². The minimum atomic E-state index is -0.620. The van der Waals surface area contributed by atoms with E-state index in [1.165, 1.54) is 11.3 Å². The van der Waals surface area contributed by atoms with Crippen molar-refractivity contribution in [1.82, 2.24) is 5.32 Å². The molecular weight excluding hydrogens is 282 g/mol. The zero-order valence-electron chi connectivity index (χ0n) is 12.5. The molecule has 0 radical (unpaired) electrons. The largest absolute Gasteiger partial charge is 0.387 e. The fourth-order valence-electron chi connectivity index (χ4n) is 2.90. The lowest BCUT2D eigenvalue weighted by Gasteiger charge is -2.25. The summed E-state index contributed by atoms with van der Waals surface area (Å²) < 4.78 is 0. The molecule has 0 aliphatic carbocycles. The molecule has 0 aromatic heterocycles. The van der Waals surface area contributed by atoms with E-state index in [1.54, 1.807) is 0 Å². The molecule has 1 saturated heterocycles. The number of rotatable bonds is 3. The van der Waals surface area contributed by atoms with Gasteiger partial charge in [0.05, 0.1) is 12.1 Å². The summed E-state index contributed by atoms with van der Waals surface area (Å²) in [5.41, 5.74) is 1.99. The lowest BCUT2D eigenvalue weighted by atomic mass is 10.0. The minimum absolute atomic E-state index is 0.487. The molecule has 1 atom stereocenters. The molecule has 0 amide bonds. The molecule has 2 N–H and O–H groups in total. The second-order valence-corrected chi connectivity index (χ2v) is 6.83. The summed E-state index contributed by atoms with van der Waals surface area (Å²) in [6.45, 7) is 4.36. The van der Waals surface area contributed by atoms with Gasteiger partial charge in [0.15, 0.2) is 5.96 Å². The highest BCUT2D eigenvalue weighted by Gasteiger charge is 2.32. The number of thioether (sulfide) groups is 1. The first-order chi connectivity index (χ1) is 10.2. The number of hydrogen-bond donors (Lipinski definition) is 2. The molecule has 21 heavy (non-hydrogen) atoms. The van der Waals surface area contributed by atoms with Crippen LogP contribution in [0.25, 0.3) is 0 Å². The van der Waals surface area contributed by atoms with Crippen LogP contribution < -0.4 is 10.2 Å². The van der Waals surface area contributed by atoms with E-state index in [0.717, 1.165) is 43.4 Å². The standard InChI is InChI=1S/C16H23N3OS/c1-2-17-15(18-11-16(20)8-10-21-12-16)19-9-7-13-5-3-4-6-14(13)19/h3-6,20H,2,7-12H2,1H3,(H,17,18). The molecule has 2 aliphatic heterocycles. The van der Waals surface area contributed by atoms with Crippen LogP contribution in [0.4, 0.5) is 5.69 Å². The minimum Gasteiger partial charge on any atom is -0.387 e. The highest BCUT2D eigenvalue weighted by molar-refractivity contribution is 7.99. The lowest BCUT2D eigenvalue weighted by Crippen LogP contribution is -2.42. The van der Waals surface area contributed by atoms with Gasteiger partial charge in [-0.2, -0.15) is 11.8 Å². The molecular formula is C16H23N3OS. The van der Waals surface area contributed by atoms with Gasteiger partial charge in [-0.3, -0.25) is 0 Å². The number of aliphatic hydroxyl groups is 1. The van der Waals surface area contributed by atoms with Gasteiger partial charge in [0.2, 0.25) is 0 Å². The third kappa shape index (κ3) is 3.19. The number of aliphatic imine (C=N–C) groups is 1. The Kier molecular flexibility index (Phi) is 4.40. The predicted octanol–water partition coefficient (Wildman–Crippen LogP) is 1.88. The fourth-order valence-corrected chi connectivity index (χ4v) is 4.18. The van der Waals surface area contributed by atoms with Crippen molar-refractivity contribution >= 4 is 23.4 Å². The van der Waals surface area contributed by atoms with Crippen molar-refractivity contribution in [3.05, 3.63) is 29.8 Å². The van der Waals surface area contributed by atoms with Gasteiger partial charge in [-0.25, -0.2) is 4.99 Å². The van der Waals surface area contributed by atoms with Crippen molar-refractivity contribution < 1.29 is 5.11 Å². The number of hydrogen-bond acceptors (Lipinski definition) is 3. The highest BCUT2D eigenvalue weighted by Crippen LogP contribution is 2.29. The average Bonchev–Trinajstić information content (AvgIpc) is 3.11. The average molecular weight is 305 g/mol. The molecule has 1 unspecified atom stereocenters. The van der Waals surface area contributed by atoms with E-state index >= 15 is 0 Å². The van der Waals surface area contributed by atoms with E-state index in [2.05, 4.69) is 41.4 Å². The predicted molar refractivity (Wildman–Crippen MR) is 90.4 cm³/mol. The zero-order valence-corrected chi connectivity index (χ0v) is 13.3. The van der Waals surface area contributed by atoms with Gasteiger partial charge >= 0.3 is 0 Å². The van der Waals surface area contributed by atoms with E-state index in [-0.39, 0.29) is 0 Å². The van der Waals surface area contributed by atoms with Crippen LogP contribution in [-0.2, 0) is 6.42 Å². The van der Waals surface area contributed by atoms with Gasteiger partial charge in [0.25, 0.3) is 0 Å². The van der Waals surface area contributed by atoms with Crippen molar-refractivity contribution in [3.63, 3.8) is 0 Å². The molecule has 0 spiro atoms. The van der Waals surface area contributed by atoms with E-state index in [4.69, 9.17) is 4.99 Å². The molecule has 4 nitrogen and oxygen atoms in total. The van der Waals surface area contributed by atoms with Crippen molar-refractivity contribution in [2.75, 3.05) is 36.0 Å². The summed E-state index contributed by atoms with van der Waals surface area (Å²) in [7, 11) is 0. The van der Waals surface area contributed by atoms with Crippen LogP contribution in [0.2, 0.25) is 0 Å². The van der Waals surface area contributed by atoms with E-state index in [9.17, 15) is 5.11 Å².